The van der Waals surface area contributed by atoms with Gasteiger partial charge < -0.3 is 10.6 Å². The van der Waals surface area contributed by atoms with E-state index in [9.17, 15) is 79.1 Å². The number of halogens is 12. The van der Waals surface area contributed by atoms with Gasteiger partial charge >= 0.3 is 60.2 Å². The van der Waals surface area contributed by atoms with Crippen LogP contribution in [0.25, 0.3) is 10.6 Å². The zero-order valence-corrected chi connectivity index (χ0v) is 26.8. The summed E-state index contributed by atoms with van der Waals surface area (Å²) in [7, 11) is -11.3. The molecule has 2 aliphatic heterocycles. The van der Waals surface area contributed by atoms with Crippen LogP contribution in [-0.4, -0.2) is 51.8 Å². The van der Waals surface area contributed by atoms with E-state index in [0.29, 0.717) is 23.5 Å². The number of benzene rings is 2. The Balaban J connectivity index is 0.000000333. The summed E-state index contributed by atoms with van der Waals surface area (Å²) in [5.41, 5.74) is -11.7. The second-order valence-corrected chi connectivity index (χ2v) is 14.1. The number of nitrogens with zero attached hydrogens (tertiary/aromatic N) is 2. The summed E-state index contributed by atoms with van der Waals surface area (Å²) in [5.74, 6) is -4.28. The van der Waals surface area contributed by atoms with Crippen molar-refractivity contribution in [1.29, 1.82) is 0 Å². The van der Waals surface area contributed by atoms with Crippen LogP contribution in [0.1, 0.15) is 0 Å². The molecule has 2 aromatic rings. The van der Waals surface area contributed by atoms with Crippen LogP contribution in [0.4, 0.5) is 75.4 Å². The summed E-state index contributed by atoms with van der Waals surface area (Å²) in [4.78, 5) is 21.9. The zero-order chi connectivity index (χ0) is 36.7. The molecule has 0 fully saturated rings. The SMILES string of the molecule is O=C(/C=C1\[N-]c2ccc(NS(=O)(=O)C(F)(F)F)cc2S1)C(F)(F)F.O=C(/C=C1\[N-]c2ccc(NS(=O)(=O)C(F)(F)F)cc2S1)C(F)(F)F.[Co+2]. The molecule has 0 saturated carbocycles. The van der Waals surface area contributed by atoms with Crippen LogP contribution in [-0.2, 0) is 46.4 Å². The molecule has 0 spiro atoms. The number of sulfonamides is 2. The number of carbonyl (C=O) groups excluding carboxylic acids is 2. The van der Waals surface area contributed by atoms with E-state index in [4.69, 9.17) is 0 Å². The number of hydrogen-bond donors (Lipinski definition) is 2. The molecule has 2 aromatic carbocycles. The number of thioether (sulfide) groups is 2. The van der Waals surface area contributed by atoms with Crippen molar-refractivity contribution in [2.75, 3.05) is 9.44 Å². The Morgan fingerprint density at radius 2 is 0.898 bits per heavy atom. The number of allylic oxidation sites excluding steroid dienone is 2. The zero-order valence-electron chi connectivity index (χ0n) is 22.5. The third kappa shape index (κ3) is 10.9. The van der Waals surface area contributed by atoms with Crippen LogP contribution in [0.3, 0.4) is 0 Å². The molecule has 0 atom stereocenters. The number of anilines is 2. The summed E-state index contributed by atoms with van der Waals surface area (Å²) >= 11 is 1.17. The van der Waals surface area contributed by atoms with E-state index < -0.39 is 66.4 Å². The normalized spacial score (nSPS) is 16.3. The molecule has 2 heterocycles. The monoisotopic (exact) mass is 841 g/mol. The summed E-state index contributed by atoms with van der Waals surface area (Å²) in [5, 5.41) is 6.76. The molecule has 1 radical (unpaired) electrons. The standard InChI is InChI=1S/2C11H6F6N2O3S2.Co/c2*12-10(13,14)8(20)4-9-18-6-2-1-5(3-7(6)23-9)19-24(21,22)11(15,16)17;/h2*1-4,19H,(H,18,20);/q;;+2/p-2. The fraction of sp³-hybridized carbons (Fsp3) is 0.182. The molecule has 271 valence electrons. The van der Waals surface area contributed by atoms with Crippen molar-refractivity contribution in [2.24, 2.45) is 0 Å². The van der Waals surface area contributed by atoms with Gasteiger partial charge in [0.25, 0.3) is 11.6 Å². The molecule has 2 N–H and O–H groups in total. The molecule has 10 nitrogen and oxygen atoms in total. The maximum absolute atomic E-state index is 12.3. The number of fused-ring (bicyclic) bond motifs is 2. The Hall–Kier alpha value is -3.27. The van der Waals surface area contributed by atoms with Crippen molar-refractivity contribution in [1.82, 2.24) is 0 Å². The van der Waals surface area contributed by atoms with Crippen molar-refractivity contribution in [2.45, 2.75) is 33.2 Å². The number of hydrogen-bond acceptors (Lipinski definition) is 8. The maximum Gasteiger partial charge on any atom is 2.00 e. The molecule has 49 heavy (non-hydrogen) atoms. The predicted octanol–water partition coefficient (Wildman–Crippen LogP) is 8.06. The maximum atomic E-state index is 12.3. The average Bonchev–Trinajstić information content (AvgIpc) is 3.48. The fourth-order valence-electron chi connectivity index (χ4n) is 2.95. The minimum absolute atomic E-state index is 0. The van der Waals surface area contributed by atoms with E-state index in [0.717, 1.165) is 36.4 Å². The van der Waals surface area contributed by atoms with Crippen LogP contribution < -0.4 is 9.44 Å². The van der Waals surface area contributed by atoms with Gasteiger partial charge in [0.2, 0.25) is 0 Å². The molecule has 4 rings (SSSR count). The van der Waals surface area contributed by atoms with Gasteiger partial charge in [0.15, 0.2) is 0 Å². The van der Waals surface area contributed by atoms with Crippen LogP contribution in [0.5, 0.6) is 0 Å². The first-order valence-corrected chi connectivity index (χ1v) is 16.1. The molecule has 0 amide bonds. The Labute approximate surface area is 284 Å². The second-order valence-electron chi connectivity index (χ2n) is 8.58. The number of ketones is 2. The largest absolute Gasteiger partial charge is 2.00 e. The Morgan fingerprint density at radius 3 is 1.16 bits per heavy atom. The first-order chi connectivity index (χ1) is 21.6. The van der Waals surface area contributed by atoms with E-state index in [-0.39, 0.29) is 60.2 Å². The molecule has 0 saturated heterocycles. The van der Waals surface area contributed by atoms with Crippen LogP contribution >= 0.6 is 23.5 Å². The van der Waals surface area contributed by atoms with Gasteiger partial charge in [0, 0.05) is 11.4 Å². The van der Waals surface area contributed by atoms with Crippen molar-refractivity contribution < 1.29 is 95.9 Å². The molecule has 0 aliphatic carbocycles. The van der Waals surface area contributed by atoms with Crippen LogP contribution in [0.15, 0.2) is 68.4 Å². The molecule has 2 aliphatic rings. The second kappa shape index (κ2) is 14.5. The number of alkyl halides is 12. The van der Waals surface area contributed by atoms with Gasteiger partial charge in [-0.3, -0.25) is 19.0 Å². The van der Waals surface area contributed by atoms with Gasteiger partial charge in [0.1, 0.15) is 0 Å². The topological polar surface area (TPSA) is 155 Å². The van der Waals surface area contributed by atoms with Gasteiger partial charge in [-0.15, -0.1) is 34.9 Å². The van der Waals surface area contributed by atoms with Gasteiger partial charge in [-0.1, -0.05) is 22.2 Å². The number of nitrogens with one attached hydrogen (secondary N) is 2. The van der Waals surface area contributed by atoms with Crippen molar-refractivity contribution in [3.63, 3.8) is 0 Å². The van der Waals surface area contributed by atoms with Gasteiger partial charge in [-0.2, -0.15) is 69.5 Å². The molecule has 0 aromatic heterocycles. The summed E-state index contributed by atoms with van der Waals surface area (Å²) in [6.45, 7) is 0. The van der Waals surface area contributed by atoms with E-state index in [1.165, 1.54) is 9.44 Å². The summed E-state index contributed by atoms with van der Waals surface area (Å²) in [6, 6.07) is 6.06. The Morgan fingerprint density at radius 1 is 0.592 bits per heavy atom. The number of rotatable bonds is 6. The van der Waals surface area contributed by atoms with Gasteiger partial charge in [-0.05, 0) is 46.2 Å². The third-order valence-corrected chi connectivity index (χ3v) is 9.15. The third-order valence-electron chi connectivity index (χ3n) is 4.99. The molecule has 0 unspecified atom stereocenters. The van der Waals surface area contributed by atoms with E-state index in [1.807, 2.05) is 0 Å². The summed E-state index contributed by atoms with van der Waals surface area (Å²) < 4.78 is 193. The van der Waals surface area contributed by atoms with E-state index in [1.54, 1.807) is 0 Å². The first-order valence-electron chi connectivity index (χ1n) is 11.5. The van der Waals surface area contributed by atoms with Gasteiger partial charge in [0.05, 0.1) is 0 Å². The van der Waals surface area contributed by atoms with E-state index >= 15 is 0 Å². The van der Waals surface area contributed by atoms with Crippen molar-refractivity contribution >= 4 is 77.9 Å². The van der Waals surface area contributed by atoms with Crippen molar-refractivity contribution in [3.05, 3.63) is 69.2 Å². The first kappa shape index (κ1) is 41.9. The van der Waals surface area contributed by atoms with Gasteiger partial charge in [-0.25, -0.2) is 0 Å². The molecular formula is C22H10CoF12N4O6S4. The Kier molecular flexibility index (Phi) is 12.4. The van der Waals surface area contributed by atoms with E-state index in [2.05, 4.69) is 10.6 Å². The average molecular weight is 842 g/mol. The minimum atomic E-state index is -5.63. The smallest absolute Gasteiger partial charge is 0.651 e. The van der Waals surface area contributed by atoms with Crippen LogP contribution in [0, 0.1) is 0 Å². The molecule has 27 heteroatoms. The quantitative estimate of drug-likeness (QED) is 0.219. The fourth-order valence-corrected chi connectivity index (χ4v) is 5.93. The molecular weight excluding hydrogens is 831 g/mol. The minimum Gasteiger partial charge on any atom is -0.651 e. The predicted molar refractivity (Wildman–Crippen MR) is 146 cm³/mol. The van der Waals surface area contributed by atoms with Crippen LogP contribution in [0.2, 0.25) is 0 Å². The Bertz CT molecular complexity index is 1770. The molecule has 0 bridgehead atoms. The van der Waals surface area contributed by atoms with Crippen molar-refractivity contribution in [3.8, 4) is 0 Å². The summed E-state index contributed by atoms with van der Waals surface area (Å²) in [6.07, 6.45) is -9.68. The number of carbonyl (C=O) groups is 2.